The minimum absolute atomic E-state index is 0. The van der Waals surface area contributed by atoms with Crippen LogP contribution in [0.2, 0.25) is 0 Å². The lowest BCUT2D eigenvalue weighted by atomic mass is 9.93. The van der Waals surface area contributed by atoms with E-state index in [2.05, 4.69) is 10.6 Å². The second-order valence-corrected chi connectivity index (χ2v) is 6.03. The van der Waals surface area contributed by atoms with Crippen molar-refractivity contribution in [2.24, 2.45) is 0 Å². The number of amides is 1. The van der Waals surface area contributed by atoms with Crippen molar-refractivity contribution in [1.82, 2.24) is 10.6 Å². The SMILES string of the molecule is CC(C)(NC(=O)c1ccc2c(c1)CNC2)c1ccccc1.Cl. The van der Waals surface area contributed by atoms with E-state index >= 15 is 0 Å². The van der Waals surface area contributed by atoms with Crippen LogP contribution in [-0.4, -0.2) is 5.91 Å². The van der Waals surface area contributed by atoms with Gasteiger partial charge in [0, 0.05) is 18.7 Å². The lowest BCUT2D eigenvalue weighted by molar-refractivity contribution is 0.0912. The highest BCUT2D eigenvalue weighted by molar-refractivity contribution is 5.95. The molecular formula is C18H21ClN2O. The summed E-state index contributed by atoms with van der Waals surface area (Å²) in [7, 11) is 0. The van der Waals surface area contributed by atoms with E-state index in [1.54, 1.807) is 0 Å². The summed E-state index contributed by atoms with van der Waals surface area (Å²) in [5, 5.41) is 6.42. The van der Waals surface area contributed by atoms with Crippen molar-refractivity contribution in [1.29, 1.82) is 0 Å². The number of nitrogens with one attached hydrogen (secondary N) is 2. The van der Waals surface area contributed by atoms with Gasteiger partial charge < -0.3 is 10.6 Å². The molecule has 22 heavy (non-hydrogen) atoms. The molecule has 2 N–H and O–H groups in total. The first kappa shape index (κ1) is 16.5. The maximum Gasteiger partial charge on any atom is 0.251 e. The summed E-state index contributed by atoms with van der Waals surface area (Å²) in [5.74, 6) is -0.0291. The van der Waals surface area contributed by atoms with E-state index in [0.717, 1.165) is 24.2 Å². The molecule has 0 saturated carbocycles. The van der Waals surface area contributed by atoms with Gasteiger partial charge in [-0.3, -0.25) is 4.79 Å². The predicted molar refractivity (Wildman–Crippen MR) is 91.2 cm³/mol. The molecule has 0 unspecified atom stereocenters. The van der Waals surface area contributed by atoms with Gasteiger partial charge >= 0.3 is 0 Å². The summed E-state index contributed by atoms with van der Waals surface area (Å²) >= 11 is 0. The van der Waals surface area contributed by atoms with Gasteiger partial charge in [0.1, 0.15) is 0 Å². The molecule has 0 aromatic heterocycles. The topological polar surface area (TPSA) is 41.1 Å². The fourth-order valence-corrected chi connectivity index (χ4v) is 2.72. The molecule has 1 amide bonds. The Morgan fingerprint density at radius 3 is 2.45 bits per heavy atom. The molecule has 0 atom stereocenters. The van der Waals surface area contributed by atoms with Crippen LogP contribution in [0, 0.1) is 0 Å². The highest BCUT2D eigenvalue weighted by Gasteiger charge is 2.23. The summed E-state index contributed by atoms with van der Waals surface area (Å²) in [5.41, 5.74) is 3.94. The van der Waals surface area contributed by atoms with Crippen LogP contribution in [-0.2, 0) is 18.6 Å². The van der Waals surface area contributed by atoms with Crippen LogP contribution in [0.4, 0.5) is 0 Å². The van der Waals surface area contributed by atoms with Crippen molar-refractivity contribution in [3.63, 3.8) is 0 Å². The van der Waals surface area contributed by atoms with Crippen molar-refractivity contribution >= 4 is 18.3 Å². The second-order valence-electron chi connectivity index (χ2n) is 6.03. The maximum atomic E-state index is 12.5. The zero-order valence-corrected chi connectivity index (χ0v) is 13.7. The van der Waals surface area contributed by atoms with Gasteiger partial charge in [-0.2, -0.15) is 0 Å². The normalized spacial score (nSPS) is 13.2. The Bertz CT molecular complexity index is 668. The molecule has 4 heteroatoms. The van der Waals surface area contributed by atoms with E-state index < -0.39 is 5.54 Å². The van der Waals surface area contributed by atoms with E-state index in [-0.39, 0.29) is 18.3 Å². The highest BCUT2D eigenvalue weighted by atomic mass is 35.5. The Hall–Kier alpha value is -1.84. The van der Waals surface area contributed by atoms with Gasteiger partial charge in [-0.15, -0.1) is 12.4 Å². The average molecular weight is 317 g/mol. The zero-order valence-electron chi connectivity index (χ0n) is 12.8. The minimum atomic E-state index is -0.393. The van der Waals surface area contributed by atoms with Crippen LogP contribution in [0.25, 0.3) is 0 Å². The third-order valence-electron chi connectivity index (χ3n) is 4.02. The molecule has 0 spiro atoms. The van der Waals surface area contributed by atoms with E-state index in [4.69, 9.17) is 0 Å². The molecule has 3 rings (SSSR count). The summed E-state index contributed by atoms with van der Waals surface area (Å²) < 4.78 is 0. The Kier molecular flexibility index (Phi) is 4.89. The Morgan fingerprint density at radius 2 is 1.73 bits per heavy atom. The van der Waals surface area contributed by atoms with Gasteiger partial charge in [0.05, 0.1) is 5.54 Å². The standard InChI is InChI=1S/C18H20N2O.ClH/c1-18(2,16-6-4-3-5-7-16)20-17(21)13-8-9-14-11-19-12-15(14)10-13;/h3-10,19H,11-12H2,1-2H3,(H,20,21);1H. The van der Waals surface area contributed by atoms with Gasteiger partial charge in [0.15, 0.2) is 0 Å². The van der Waals surface area contributed by atoms with Crippen LogP contribution in [0.15, 0.2) is 48.5 Å². The number of hydrogen-bond acceptors (Lipinski definition) is 2. The first-order valence-corrected chi connectivity index (χ1v) is 7.27. The van der Waals surface area contributed by atoms with Crippen molar-refractivity contribution in [2.75, 3.05) is 0 Å². The summed E-state index contributed by atoms with van der Waals surface area (Å²) in [6.45, 7) is 5.79. The van der Waals surface area contributed by atoms with Crippen LogP contribution >= 0.6 is 12.4 Å². The van der Waals surface area contributed by atoms with Gasteiger partial charge in [0.25, 0.3) is 5.91 Å². The van der Waals surface area contributed by atoms with Crippen molar-refractivity contribution < 1.29 is 4.79 Å². The Morgan fingerprint density at radius 1 is 1.05 bits per heavy atom. The second kappa shape index (κ2) is 6.51. The summed E-state index contributed by atoms with van der Waals surface area (Å²) in [6.07, 6.45) is 0. The summed E-state index contributed by atoms with van der Waals surface area (Å²) in [4.78, 5) is 12.5. The Balaban J connectivity index is 0.00000176. The zero-order chi connectivity index (χ0) is 14.9. The fourth-order valence-electron chi connectivity index (χ4n) is 2.72. The molecule has 0 aliphatic carbocycles. The van der Waals surface area contributed by atoms with E-state index in [1.807, 2.05) is 62.4 Å². The monoisotopic (exact) mass is 316 g/mol. The van der Waals surface area contributed by atoms with Gasteiger partial charge in [-0.05, 0) is 42.7 Å². The molecule has 3 nitrogen and oxygen atoms in total. The largest absolute Gasteiger partial charge is 0.343 e. The first-order valence-electron chi connectivity index (χ1n) is 7.27. The lowest BCUT2D eigenvalue weighted by Gasteiger charge is -2.27. The first-order chi connectivity index (χ1) is 10.1. The molecule has 2 aromatic rings. The smallest absolute Gasteiger partial charge is 0.251 e. The molecule has 1 aliphatic rings. The van der Waals surface area contributed by atoms with Gasteiger partial charge in [-0.1, -0.05) is 36.4 Å². The Labute approximate surface area is 137 Å². The maximum absolute atomic E-state index is 12.5. The van der Waals surface area contributed by atoms with Crippen LogP contribution < -0.4 is 10.6 Å². The average Bonchev–Trinajstić information content (AvgIpc) is 2.95. The van der Waals surface area contributed by atoms with E-state index in [0.29, 0.717) is 0 Å². The van der Waals surface area contributed by atoms with Crippen molar-refractivity contribution in [3.05, 3.63) is 70.8 Å². The van der Waals surface area contributed by atoms with Gasteiger partial charge in [-0.25, -0.2) is 0 Å². The van der Waals surface area contributed by atoms with Crippen LogP contribution in [0.1, 0.15) is 40.9 Å². The fraction of sp³-hybridized carbons (Fsp3) is 0.278. The molecule has 1 heterocycles. The molecule has 1 aliphatic heterocycles. The molecule has 0 bridgehead atoms. The molecule has 0 saturated heterocycles. The molecule has 0 fully saturated rings. The summed E-state index contributed by atoms with van der Waals surface area (Å²) in [6, 6.07) is 16.0. The van der Waals surface area contributed by atoms with Gasteiger partial charge in [0.2, 0.25) is 0 Å². The molecule has 0 radical (unpaired) electrons. The number of carbonyl (C=O) groups is 1. The molecule has 116 valence electrons. The number of hydrogen-bond donors (Lipinski definition) is 2. The number of fused-ring (bicyclic) bond motifs is 1. The quantitative estimate of drug-likeness (QED) is 0.911. The number of carbonyl (C=O) groups excluding carboxylic acids is 1. The van der Waals surface area contributed by atoms with Crippen molar-refractivity contribution in [3.8, 4) is 0 Å². The predicted octanol–water partition coefficient (Wildman–Crippen LogP) is 3.38. The molecular weight excluding hydrogens is 296 g/mol. The number of rotatable bonds is 3. The van der Waals surface area contributed by atoms with Crippen LogP contribution in [0.5, 0.6) is 0 Å². The number of halogens is 1. The third-order valence-corrected chi connectivity index (χ3v) is 4.02. The lowest BCUT2D eigenvalue weighted by Crippen LogP contribution is -2.41. The van der Waals surface area contributed by atoms with E-state index in [1.165, 1.54) is 11.1 Å². The van der Waals surface area contributed by atoms with Crippen molar-refractivity contribution in [2.45, 2.75) is 32.5 Å². The van der Waals surface area contributed by atoms with Crippen LogP contribution in [0.3, 0.4) is 0 Å². The molecule has 2 aromatic carbocycles. The number of benzene rings is 2. The third kappa shape index (κ3) is 3.32. The minimum Gasteiger partial charge on any atom is -0.343 e. The van der Waals surface area contributed by atoms with E-state index in [9.17, 15) is 4.79 Å². The highest BCUT2D eigenvalue weighted by Crippen LogP contribution is 2.21.